The average molecular weight is 460 g/mol. The van der Waals surface area contributed by atoms with Crippen molar-refractivity contribution in [2.24, 2.45) is 0 Å². The van der Waals surface area contributed by atoms with Gasteiger partial charge in [0, 0.05) is 11.6 Å². The van der Waals surface area contributed by atoms with E-state index in [4.69, 9.17) is 14.2 Å². The topological polar surface area (TPSA) is 83.0 Å². The third kappa shape index (κ3) is 4.22. The van der Waals surface area contributed by atoms with Crippen molar-refractivity contribution in [2.75, 3.05) is 7.11 Å². The highest BCUT2D eigenvalue weighted by atomic mass is 32.2. The predicted octanol–water partition coefficient (Wildman–Crippen LogP) is 4.88. The van der Waals surface area contributed by atoms with Crippen LogP contribution in [0.1, 0.15) is 5.82 Å². The molecule has 164 valence electrons. The van der Waals surface area contributed by atoms with Gasteiger partial charge in [0.1, 0.15) is 11.6 Å². The van der Waals surface area contributed by atoms with Crippen LogP contribution in [0.3, 0.4) is 0 Å². The van der Waals surface area contributed by atoms with Crippen LogP contribution in [-0.4, -0.2) is 26.8 Å². The maximum Gasteiger partial charge on any atom is 0.266 e. The summed E-state index contributed by atoms with van der Waals surface area (Å²) in [5.74, 6) is 1.33. The maximum absolute atomic E-state index is 13.4. The van der Waals surface area contributed by atoms with Crippen molar-refractivity contribution in [3.63, 3.8) is 0 Å². The molecule has 0 N–H and O–H groups in total. The first-order chi connectivity index (χ1) is 16.1. The van der Waals surface area contributed by atoms with Crippen molar-refractivity contribution in [3.8, 4) is 22.9 Å². The number of methoxy groups -OCH3 is 1. The van der Waals surface area contributed by atoms with Gasteiger partial charge in [-0.1, -0.05) is 35.1 Å². The van der Waals surface area contributed by atoms with Crippen molar-refractivity contribution in [1.29, 1.82) is 0 Å². The predicted molar refractivity (Wildman–Crippen MR) is 123 cm³/mol. The Balaban J connectivity index is 1.51. The quantitative estimate of drug-likeness (QED) is 0.264. The zero-order valence-electron chi connectivity index (χ0n) is 17.4. The summed E-state index contributed by atoms with van der Waals surface area (Å²) in [6, 6.07) is 20.3. The van der Waals surface area contributed by atoms with Crippen LogP contribution in [0.2, 0.25) is 0 Å². The monoisotopic (exact) mass is 460 g/mol. The van der Waals surface area contributed by atoms with Crippen LogP contribution in [0.25, 0.3) is 28.0 Å². The van der Waals surface area contributed by atoms with Gasteiger partial charge in [0.25, 0.3) is 11.4 Å². The van der Waals surface area contributed by atoms with Crippen LogP contribution in [-0.2, 0) is 5.75 Å². The summed E-state index contributed by atoms with van der Waals surface area (Å²) in [5, 5.41) is 5.01. The van der Waals surface area contributed by atoms with Gasteiger partial charge in [-0.25, -0.2) is 9.37 Å². The molecule has 0 fully saturated rings. The molecule has 0 bridgehead atoms. The van der Waals surface area contributed by atoms with Crippen LogP contribution in [0.4, 0.5) is 4.39 Å². The molecule has 2 heterocycles. The lowest BCUT2D eigenvalue weighted by Gasteiger charge is -2.13. The molecule has 7 nitrogen and oxygen atoms in total. The fourth-order valence-corrected chi connectivity index (χ4v) is 4.19. The lowest BCUT2D eigenvalue weighted by atomic mass is 10.2. The number of hydrogen-bond acceptors (Lipinski definition) is 7. The Kier molecular flexibility index (Phi) is 5.62. The van der Waals surface area contributed by atoms with Gasteiger partial charge >= 0.3 is 0 Å². The van der Waals surface area contributed by atoms with E-state index in [-0.39, 0.29) is 11.4 Å². The number of aromatic nitrogens is 4. The van der Waals surface area contributed by atoms with Crippen LogP contribution in [0, 0.1) is 5.82 Å². The maximum atomic E-state index is 13.4. The van der Waals surface area contributed by atoms with Gasteiger partial charge in [-0.05, 0) is 48.5 Å². The summed E-state index contributed by atoms with van der Waals surface area (Å²) >= 11 is 1.31. The zero-order chi connectivity index (χ0) is 22.8. The Labute approximate surface area is 191 Å². The van der Waals surface area contributed by atoms with Crippen LogP contribution < -0.4 is 10.3 Å². The number of benzene rings is 3. The van der Waals surface area contributed by atoms with E-state index >= 15 is 0 Å². The normalized spacial score (nSPS) is 11.1. The molecule has 0 amide bonds. The van der Waals surface area contributed by atoms with E-state index in [2.05, 4.69) is 10.1 Å². The average Bonchev–Trinajstić information content (AvgIpc) is 3.32. The van der Waals surface area contributed by atoms with Gasteiger partial charge in [0.05, 0.1) is 29.5 Å². The van der Waals surface area contributed by atoms with E-state index in [1.807, 2.05) is 30.3 Å². The summed E-state index contributed by atoms with van der Waals surface area (Å²) in [5.41, 5.74) is 1.68. The molecule has 5 rings (SSSR count). The van der Waals surface area contributed by atoms with E-state index < -0.39 is 0 Å². The zero-order valence-corrected chi connectivity index (χ0v) is 18.3. The van der Waals surface area contributed by atoms with Crippen LogP contribution in [0.5, 0.6) is 5.75 Å². The Morgan fingerprint density at radius 3 is 2.67 bits per heavy atom. The molecule has 0 saturated heterocycles. The van der Waals surface area contributed by atoms with Crippen molar-refractivity contribution >= 4 is 22.7 Å². The first-order valence-corrected chi connectivity index (χ1v) is 11.0. The van der Waals surface area contributed by atoms with Gasteiger partial charge in [-0.2, -0.15) is 4.98 Å². The number of halogens is 1. The standard InChI is InChI=1S/C24H17FN4O3S/c1-31-18-6-4-5-17(13-18)29-23(30)19-7-2-3-8-20(19)26-24(29)33-14-21-27-22(32-28-21)15-9-11-16(25)12-10-15/h2-13H,14H2,1H3. The first-order valence-electron chi connectivity index (χ1n) is 10.00. The molecule has 0 unspecified atom stereocenters. The van der Waals surface area contributed by atoms with Crippen molar-refractivity contribution in [1.82, 2.24) is 19.7 Å². The third-order valence-electron chi connectivity index (χ3n) is 4.95. The Morgan fingerprint density at radius 1 is 1.03 bits per heavy atom. The minimum absolute atomic E-state index is 0.184. The number of fused-ring (bicyclic) bond motifs is 1. The molecular weight excluding hydrogens is 443 g/mol. The minimum Gasteiger partial charge on any atom is -0.497 e. The second-order valence-corrected chi connectivity index (χ2v) is 8.01. The number of nitrogens with zero attached hydrogens (tertiary/aromatic N) is 4. The summed E-state index contributed by atoms with van der Waals surface area (Å²) in [7, 11) is 1.57. The number of hydrogen-bond donors (Lipinski definition) is 0. The molecule has 9 heteroatoms. The molecule has 0 atom stereocenters. The molecule has 2 aromatic heterocycles. The largest absolute Gasteiger partial charge is 0.497 e. The highest BCUT2D eigenvalue weighted by Gasteiger charge is 2.16. The third-order valence-corrected chi connectivity index (χ3v) is 5.88. The molecule has 33 heavy (non-hydrogen) atoms. The first kappa shape index (κ1) is 20.9. The van der Waals surface area contributed by atoms with E-state index in [1.54, 1.807) is 42.0 Å². The minimum atomic E-state index is -0.341. The van der Waals surface area contributed by atoms with E-state index in [9.17, 15) is 9.18 Å². The summed E-state index contributed by atoms with van der Waals surface area (Å²) in [6.07, 6.45) is 0. The van der Waals surface area contributed by atoms with Gasteiger partial charge in [0.2, 0.25) is 0 Å². The second kappa shape index (κ2) is 8.87. The van der Waals surface area contributed by atoms with Crippen LogP contribution >= 0.6 is 11.8 Å². The molecule has 3 aromatic carbocycles. The second-order valence-electron chi connectivity index (χ2n) is 7.06. The van der Waals surface area contributed by atoms with E-state index in [0.717, 1.165) is 0 Å². The Bertz CT molecular complexity index is 1500. The van der Waals surface area contributed by atoms with Gasteiger partial charge in [-0.3, -0.25) is 9.36 Å². The lowest BCUT2D eigenvalue weighted by molar-refractivity contribution is 0.414. The van der Waals surface area contributed by atoms with Crippen molar-refractivity contribution < 1.29 is 13.7 Å². The lowest BCUT2D eigenvalue weighted by Crippen LogP contribution is -2.21. The summed E-state index contributed by atoms with van der Waals surface area (Å²) in [6.45, 7) is 0. The molecule has 0 spiro atoms. The number of thioether (sulfide) groups is 1. The summed E-state index contributed by atoms with van der Waals surface area (Å²) in [4.78, 5) is 22.5. The Hall–Kier alpha value is -3.98. The molecule has 0 radical (unpaired) electrons. The van der Waals surface area contributed by atoms with Gasteiger partial charge in [0.15, 0.2) is 11.0 Å². The van der Waals surface area contributed by atoms with Crippen LogP contribution in [0.15, 0.2) is 87.3 Å². The fraction of sp³-hybridized carbons (Fsp3) is 0.0833. The molecule has 0 aliphatic heterocycles. The molecule has 0 saturated carbocycles. The summed E-state index contributed by atoms with van der Waals surface area (Å²) < 4.78 is 25.4. The SMILES string of the molecule is COc1cccc(-n2c(SCc3noc(-c4ccc(F)cc4)n3)nc3ccccc3c2=O)c1. The smallest absolute Gasteiger partial charge is 0.266 e. The fourth-order valence-electron chi connectivity index (χ4n) is 3.34. The highest BCUT2D eigenvalue weighted by Crippen LogP contribution is 2.26. The number of ether oxygens (including phenoxy) is 1. The van der Waals surface area contributed by atoms with E-state index in [0.29, 0.717) is 50.5 Å². The highest BCUT2D eigenvalue weighted by molar-refractivity contribution is 7.98. The molecule has 0 aliphatic rings. The van der Waals surface area contributed by atoms with Gasteiger partial charge < -0.3 is 9.26 Å². The number of rotatable bonds is 6. The van der Waals surface area contributed by atoms with Crippen molar-refractivity contribution in [2.45, 2.75) is 10.9 Å². The van der Waals surface area contributed by atoms with Crippen molar-refractivity contribution in [3.05, 3.63) is 94.8 Å². The number of para-hydroxylation sites is 1. The molecule has 5 aromatic rings. The molecule has 0 aliphatic carbocycles. The molecular formula is C24H17FN4O3S. The van der Waals surface area contributed by atoms with Gasteiger partial charge in [-0.15, -0.1) is 0 Å². The van der Waals surface area contributed by atoms with E-state index in [1.165, 1.54) is 23.9 Å². The Morgan fingerprint density at radius 2 is 1.85 bits per heavy atom.